The van der Waals surface area contributed by atoms with Crippen molar-refractivity contribution in [3.8, 4) is 0 Å². The Morgan fingerprint density at radius 2 is 1.41 bits per heavy atom. The predicted molar refractivity (Wildman–Crippen MR) is 101 cm³/mol. The van der Waals surface area contributed by atoms with E-state index < -0.39 is 41.1 Å². The van der Waals surface area contributed by atoms with Gasteiger partial charge in [0.2, 0.25) is 0 Å². The third-order valence-electron chi connectivity index (χ3n) is 5.17. The molecule has 8 heteroatoms. The lowest BCUT2D eigenvalue weighted by Gasteiger charge is -2.24. The Balaban J connectivity index is 2.64. The van der Waals surface area contributed by atoms with Crippen LogP contribution in [0.3, 0.4) is 0 Å². The number of methoxy groups -OCH3 is 4. The first-order valence-electron chi connectivity index (χ1n) is 8.92. The van der Waals surface area contributed by atoms with Crippen molar-refractivity contribution >= 4 is 30.0 Å². The number of hydrogen-bond donors (Lipinski definition) is 0. The van der Waals surface area contributed by atoms with Crippen molar-refractivity contribution in [2.24, 2.45) is 17.3 Å². The molecule has 2 rings (SSSR count). The van der Waals surface area contributed by atoms with E-state index in [1.54, 1.807) is 6.08 Å². The average Bonchev–Trinajstić information content (AvgIpc) is 3.12. The summed E-state index contributed by atoms with van der Waals surface area (Å²) >= 11 is 0. The van der Waals surface area contributed by atoms with Crippen molar-refractivity contribution < 1.29 is 38.1 Å². The summed E-state index contributed by atoms with van der Waals surface area (Å²) in [5.41, 5.74) is -0.339. The molecule has 0 bridgehead atoms. The Morgan fingerprint density at radius 1 is 0.897 bits per heavy atom. The second-order valence-corrected chi connectivity index (χ2v) is 6.71. The second kappa shape index (κ2) is 9.36. The summed E-state index contributed by atoms with van der Waals surface area (Å²) in [5, 5.41) is 0. The molecule has 0 aromatic heterocycles. The number of benzene rings is 1. The lowest BCUT2D eigenvalue weighted by atomic mass is 9.82. The molecule has 1 saturated carbocycles. The van der Waals surface area contributed by atoms with Gasteiger partial charge in [0, 0.05) is 5.92 Å². The smallest absolute Gasteiger partial charge is 0.323 e. The highest BCUT2D eigenvalue weighted by molar-refractivity contribution is 6.02. The lowest BCUT2D eigenvalue weighted by molar-refractivity contribution is -0.171. The van der Waals surface area contributed by atoms with Gasteiger partial charge in [-0.2, -0.15) is 0 Å². The van der Waals surface area contributed by atoms with Crippen LogP contribution in [-0.4, -0.2) is 52.3 Å². The zero-order valence-corrected chi connectivity index (χ0v) is 16.8. The van der Waals surface area contributed by atoms with Gasteiger partial charge in [0.25, 0.3) is 0 Å². The molecule has 29 heavy (non-hydrogen) atoms. The minimum absolute atomic E-state index is 0.0591. The molecule has 1 aromatic rings. The third kappa shape index (κ3) is 4.31. The summed E-state index contributed by atoms with van der Waals surface area (Å²) < 4.78 is 19.3. The standard InChI is InChI=1S/C21H24O8/c1-26-17(22)16(18(23)27-2)15-12-21(19(24)28-3,20(25)29-4)11-14(15)10-13-8-6-5-7-9-13/h5-10,15-16H,11-12H2,1-4H3/b14-10+. The molecule has 1 aliphatic rings. The van der Waals surface area contributed by atoms with Gasteiger partial charge in [-0.15, -0.1) is 0 Å². The molecule has 0 N–H and O–H groups in total. The molecule has 1 aromatic carbocycles. The predicted octanol–water partition coefficient (Wildman–Crippen LogP) is 1.77. The first-order chi connectivity index (χ1) is 13.8. The zero-order valence-electron chi connectivity index (χ0n) is 16.8. The number of allylic oxidation sites excluding steroid dienone is 1. The van der Waals surface area contributed by atoms with Gasteiger partial charge in [-0.05, 0) is 18.4 Å². The van der Waals surface area contributed by atoms with Crippen molar-refractivity contribution in [2.45, 2.75) is 12.8 Å². The van der Waals surface area contributed by atoms with Crippen molar-refractivity contribution in [2.75, 3.05) is 28.4 Å². The van der Waals surface area contributed by atoms with Crippen molar-refractivity contribution in [3.05, 3.63) is 41.5 Å². The second-order valence-electron chi connectivity index (χ2n) is 6.71. The summed E-state index contributed by atoms with van der Waals surface area (Å²) in [5.74, 6) is -5.36. The van der Waals surface area contributed by atoms with Gasteiger partial charge in [-0.1, -0.05) is 42.0 Å². The Labute approximate surface area is 168 Å². The van der Waals surface area contributed by atoms with Gasteiger partial charge >= 0.3 is 23.9 Å². The van der Waals surface area contributed by atoms with E-state index in [1.807, 2.05) is 30.3 Å². The van der Waals surface area contributed by atoms with E-state index in [-0.39, 0.29) is 12.8 Å². The van der Waals surface area contributed by atoms with Crippen LogP contribution in [0.2, 0.25) is 0 Å². The number of rotatable bonds is 6. The number of carbonyl (C=O) groups excluding carboxylic acids is 4. The number of hydrogen-bond acceptors (Lipinski definition) is 8. The van der Waals surface area contributed by atoms with Gasteiger partial charge in [-0.25, -0.2) is 0 Å². The van der Waals surface area contributed by atoms with Crippen LogP contribution in [0.25, 0.3) is 6.08 Å². The summed E-state index contributed by atoms with van der Waals surface area (Å²) in [6, 6.07) is 9.13. The molecule has 0 amide bonds. The molecular weight excluding hydrogens is 380 g/mol. The SMILES string of the molecule is COC(=O)C(C(=O)OC)C1CC(C(=O)OC)(C(=O)OC)C/C1=C\c1ccccc1. The highest BCUT2D eigenvalue weighted by atomic mass is 16.6. The van der Waals surface area contributed by atoms with E-state index >= 15 is 0 Å². The Kier molecular flexibility index (Phi) is 7.14. The molecule has 156 valence electrons. The van der Waals surface area contributed by atoms with E-state index in [0.29, 0.717) is 5.57 Å². The maximum atomic E-state index is 12.6. The quantitative estimate of drug-likeness (QED) is 0.401. The van der Waals surface area contributed by atoms with Crippen LogP contribution in [0.1, 0.15) is 18.4 Å². The minimum Gasteiger partial charge on any atom is -0.468 e. The van der Waals surface area contributed by atoms with E-state index in [1.165, 1.54) is 14.2 Å². The number of ether oxygens (including phenoxy) is 4. The molecular formula is C21H24O8. The van der Waals surface area contributed by atoms with Gasteiger partial charge in [0.05, 0.1) is 28.4 Å². The van der Waals surface area contributed by atoms with Crippen molar-refractivity contribution in [1.29, 1.82) is 0 Å². The maximum absolute atomic E-state index is 12.6. The van der Waals surface area contributed by atoms with Crippen LogP contribution < -0.4 is 0 Å². The number of esters is 4. The van der Waals surface area contributed by atoms with Crippen LogP contribution in [0.4, 0.5) is 0 Å². The van der Waals surface area contributed by atoms with Crippen LogP contribution >= 0.6 is 0 Å². The molecule has 1 fully saturated rings. The summed E-state index contributed by atoms with van der Waals surface area (Å²) in [7, 11) is 4.64. The van der Waals surface area contributed by atoms with Gasteiger partial charge < -0.3 is 18.9 Å². The van der Waals surface area contributed by atoms with Crippen molar-refractivity contribution in [3.63, 3.8) is 0 Å². The summed E-state index contributed by atoms with van der Waals surface area (Å²) in [6.07, 6.45) is 1.54. The number of carbonyl (C=O) groups is 4. The highest BCUT2D eigenvalue weighted by Gasteiger charge is 2.59. The van der Waals surface area contributed by atoms with Gasteiger partial charge in [-0.3, -0.25) is 19.2 Å². The van der Waals surface area contributed by atoms with Gasteiger partial charge in [0.15, 0.2) is 11.3 Å². The van der Waals surface area contributed by atoms with E-state index in [0.717, 1.165) is 19.8 Å². The third-order valence-corrected chi connectivity index (χ3v) is 5.17. The maximum Gasteiger partial charge on any atom is 0.323 e. The van der Waals surface area contributed by atoms with Crippen LogP contribution in [-0.2, 0) is 38.1 Å². The monoisotopic (exact) mass is 404 g/mol. The Morgan fingerprint density at radius 3 is 1.86 bits per heavy atom. The molecule has 0 heterocycles. The van der Waals surface area contributed by atoms with E-state index in [2.05, 4.69) is 0 Å². The normalized spacial score (nSPS) is 18.9. The molecule has 0 saturated heterocycles. The summed E-state index contributed by atoms with van der Waals surface area (Å²) in [4.78, 5) is 50.0. The first kappa shape index (κ1) is 22.1. The summed E-state index contributed by atoms with van der Waals surface area (Å²) in [6.45, 7) is 0. The Hall–Kier alpha value is -3.16. The molecule has 0 radical (unpaired) electrons. The topological polar surface area (TPSA) is 105 Å². The minimum atomic E-state index is -1.67. The molecule has 1 unspecified atom stereocenters. The highest BCUT2D eigenvalue weighted by Crippen LogP contribution is 2.51. The molecule has 1 aliphatic carbocycles. The molecule has 0 spiro atoms. The molecule has 0 aliphatic heterocycles. The van der Waals surface area contributed by atoms with Crippen LogP contribution in [0.5, 0.6) is 0 Å². The van der Waals surface area contributed by atoms with Crippen LogP contribution in [0.15, 0.2) is 35.9 Å². The molecule has 8 nitrogen and oxygen atoms in total. The zero-order chi connectivity index (χ0) is 21.6. The fourth-order valence-electron chi connectivity index (χ4n) is 3.78. The van der Waals surface area contributed by atoms with E-state index in [9.17, 15) is 19.2 Å². The average molecular weight is 404 g/mol. The van der Waals surface area contributed by atoms with Crippen molar-refractivity contribution in [1.82, 2.24) is 0 Å². The van der Waals surface area contributed by atoms with E-state index in [4.69, 9.17) is 18.9 Å². The fraction of sp³-hybridized carbons (Fsp3) is 0.429. The fourth-order valence-corrected chi connectivity index (χ4v) is 3.78. The first-order valence-corrected chi connectivity index (χ1v) is 8.92. The van der Waals surface area contributed by atoms with Crippen LogP contribution in [0, 0.1) is 17.3 Å². The lowest BCUT2D eigenvalue weighted by Crippen LogP contribution is -2.40. The molecule has 1 atom stereocenters. The largest absolute Gasteiger partial charge is 0.468 e. The Bertz CT molecular complexity index is 779. The van der Waals surface area contributed by atoms with Gasteiger partial charge in [0.1, 0.15) is 0 Å².